The Balaban J connectivity index is 2.11. The molecule has 0 aromatic carbocycles. The molecule has 2 fully saturated rings. The average molecular weight is 270 g/mol. The Morgan fingerprint density at radius 1 is 1.26 bits per heavy atom. The second kappa shape index (κ2) is 5.77. The molecular weight excluding hydrogens is 248 g/mol. The number of urea groups is 1. The summed E-state index contributed by atoms with van der Waals surface area (Å²) in [6.07, 6.45) is 3.36. The van der Waals surface area contributed by atoms with E-state index in [0.29, 0.717) is 6.54 Å². The Morgan fingerprint density at radius 3 is 2.63 bits per heavy atom. The number of carboxylic acids is 1. The summed E-state index contributed by atoms with van der Waals surface area (Å²) in [5.41, 5.74) is 0. The van der Waals surface area contributed by atoms with Crippen molar-refractivity contribution in [2.45, 2.75) is 57.2 Å². The number of aliphatic carboxylic acids is 1. The summed E-state index contributed by atoms with van der Waals surface area (Å²) < 4.78 is 0. The van der Waals surface area contributed by atoms with Crippen LogP contribution in [0.25, 0.3) is 0 Å². The largest absolute Gasteiger partial charge is 0.480 e. The third-order valence-electron chi connectivity index (χ3n) is 4.15. The molecule has 2 N–H and O–H groups in total. The number of carbonyl (C=O) groups is 2. The maximum atomic E-state index is 12.5. The zero-order valence-electron chi connectivity index (χ0n) is 11.3. The fraction of sp³-hybridized carbons (Fsp3) is 0.846. The van der Waals surface area contributed by atoms with Crippen molar-refractivity contribution < 1.29 is 19.8 Å². The third kappa shape index (κ3) is 2.83. The van der Waals surface area contributed by atoms with Crippen molar-refractivity contribution in [3.8, 4) is 0 Å². The molecule has 0 bridgehead atoms. The van der Waals surface area contributed by atoms with Crippen LogP contribution in [0.2, 0.25) is 0 Å². The highest BCUT2D eigenvalue weighted by Gasteiger charge is 2.41. The van der Waals surface area contributed by atoms with Crippen LogP contribution in [0.15, 0.2) is 0 Å². The lowest BCUT2D eigenvalue weighted by Crippen LogP contribution is -2.53. The first-order chi connectivity index (χ1) is 9.04. The van der Waals surface area contributed by atoms with Crippen LogP contribution in [-0.4, -0.2) is 63.3 Å². The Bertz CT molecular complexity index is 361. The lowest BCUT2D eigenvalue weighted by atomic mass is 10.0. The van der Waals surface area contributed by atoms with Crippen LogP contribution in [-0.2, 0) is 4.79 Å². The topological polar surface area (TPSA) is 81.1 Å². The number of carbonyl (C=O) groups excluding carboxylic acids is 1. The molecule has 2 saturated heterocycles. The molecule has 0 saturated carbocycles. The number of amides is 2. The van der Waals surface area contributed by atoms with Crippen molar-refractivity contribution in [1.29, 1.82) is 0 Å². The van der Waals surface area contributed by atoms with Gasteiger partial charge in [-0.1, -0.05) is 6.92 Å². The number of aliphatic hydroxyl groups is 1. The minimum Gasteiger partial charge on any atom is -0.480 e. The lowest BCUT2D eigenvalue weighted by molar-refractivity contribution is -0.141. The summed E-state index contributed by atoms with van der Waals surface area (Å²) in [6, 6.07) is -0.911. The van der Waals surface area contributed by atoms with E-state index in [4.69, 9.17) is 5.11 Å². The van der Waals surface area contributed by atoms with Crippen molar-refractivity contribution in [1.82, 2.24) is 9.80 Å². The molecule has 0 aromatic heterocycles. The molecular formula is C13H22N2O4. The number of hydrogen-bond donors (Lipinski definition) is 2. The lowest BCUT2D eigenvalue weighted by Gasteiger charge is -2.38. The van der Waals surface area contributed by atoms with Crippen molar-refractivity contribution in [3.63, 3.8) is 0 Å². The van der Waals surface area contributed by atoms with Crippen LogP contribution in [0.3, 0.4) is 0 Å². The molecule has 108 valence electrons. The van der Waals surface area contributed by atoms with Crippen molar-refractivity contribution in [2.24, 2.45) is 0 Å². The minimum absolute atomic E-state index is 0.128. The Labute approximate surface area is 113 Å². The quantitative estimate of drug-likeness (QED) is 0.781. The van der Waals surface area contributed by atoms with E-state index in [2.05, 4.69) is 0 Å². The van der Waals surface area contributed by atoms with E-state index in [1.165, 1.54) is 4.90 Å². The molecule has 0 aliphatic carbocycles. The van der Waals surface area contributed by atoms with Crippen LogP contribution in [0.1, 0.15) is 39.0 Å². The van der Waals surface area contributed by atoms with Crippen LogP contribution < -0.4 is 0 Å². The Morgan fingerprint density at radius 2 is 2.00 bits per heavy atom. The van der Waals surface area contributed by atoms with E-state index < -0.39 is 18.1 Å². The van der Waals surface area contributed by atoms with Crippen LogP contribution in [0, 0.1) is 0 Å². The molecule has 6 heteroatoms. The molecule has 0 aromatic rings. The molecule has 0 spiro atoms. The molecule has 2 aliphatic rings. The van der Waals surface area contributed by atoms with Crippen LogP contribution >= 0.6 is 0 Å². The second-order valence-electron chi connectivity index (χ2n) is 5.43. The highest BCUT2D eigenvalue weighted by atomic mass is 16.4. The molecule has 2 aliphatic heterocycles. The number of rotatable bonds is 2. The molecule has 0 radical (unpaired) electrons. The Kier molecular flexibility index (Phi) is 4.29. The van der Waals surface area contributed by atoms with Gasteiger partial charge in [0.05, 0.1) is 6.10 Å². The molecule has 2 amide bonds. The minimum atomic E-state index is -1.03. The van der Waals surface area contributed by atoms with Gasteiger partial charge in [0.1, 0.15) is 6.04 Å². The molecule has 19 heavy (non-hydrogen) atoms. The number of carboxylic acid groups (broad SMARTS) is 1. The molecule has 2 rings (SSSR count). The molecule has 3 atom stereocenters. The van der Waals surface area contributed by atoms with E-state index in [1.54, 1.807) is 4.90 Å². The monoisotopic (exact) mass is 270 g/mol. The summed E-state index contributed by atoms with van der Waals surface area (Å²) >= 11 is 0. The van der Waals surface area contributed by atoms with E-state index >= 15 is 0 Å². The average Bonchev–Trinajstić information content (AvgIpc) is 2.80. The Hall–Kier alpha value is -1.30. The molecule has 2 heterocycles. The normalized spacial score (nSPS) is 31.6. The predicted molar refractivity (Wildman–Crippen MR) is 68.8 cm³/mol. The van der Waals surface area contributed by atoms with Crippen molar-refractivity contribution >= 4 is 12.0 Å². The summed E-state index contributed by atoms with van der Waals surface area (Å²) in [5.74, 6) is -1.03. The molecule has 6 nitrogen and oxygen atoms in total. The highest BCUT2D eigenvalue weighted by Crippen LogP contribution is 2.25. The van der Waals surface area contributed by atoms with E-state index in [-0.39, 0.29) is 25.0 Å². The maximum absolute atomic E-state index is 12.5. The van der Waals surface area contributed by atoms with Gasteiger partial charge in [0, 0.05) is 25.6 Å². The summed E-state index contributed by atoms with van der Waals surface area (Å²) in [5, 5.41) is 18.8. The summed E-state index contributed by atoms with van der Waals surface area (Å²) in [6.45, 7) is 2.86. The van der Waals surface area contributed by atoms with Gasteiger partial charge >= 0.3 is 12.0 Å². The fourth-order valence-electron chi connectivity index (χ4n) is 3.10. The van der Waals surface area contributed by atoms with Gasteiger partial charge in [-0.3, -0.25) is 0 Å². The smallest absolute Gasteiger partial charge is 0.326 e. The fourth-order valence-corrected chi connectivity index (χ4v) is 3.10. The van der Waals surface area contributed by atoms with E-state index in [1.807, 2.05) is 6.92 Å². The van der Waals surface area contributed by atoms with Gasteiger partial charge in [0.25, 0.3) is 0 Å². The van der Waals surface area contributed by atoms with Crippen molar-refractivity contribution in [3.05, 3.63) is 0 Å². The number of piperidine rings is 1. The first-order valence-corrected chi connectivity index (χ1v) is 7.02. The number of nitrogens with zero attached hydrogens (tertiary/aromatic N) is 2. The second-order valence-corrected chi connectivity index (χ2v) is 5.43. The van der Waals surface area contributed by atoms with Gasteiger partial charge in [0.15, 0.2) is 0 Å². The van der Waals surface area contributed by atoms with E-state index in [9.17, 15) is 14.7 Å². The summed E-state index contributed by atoms with van der Waals surface area (Å²) in [4.78, 5) is 26.8. The number of aliphatic hydroxyl groups excluding tert-OH is 1. The number of β-amino-alcohol motifs (C(OH)–C–C–N with tert-alkyl or cyclic N) is 1. The standard InChI is InChI=1S/C13H22N2O4/c1-2-9-5-3-4-6-14(9)13(19)15-8-10(16)7-11(15)12(17)18/h9-11,16H,2-8H2,1H3,(H,17,18)/t9?,10?,11-/m0/s1. The predicted octanol–water partition coefficient (Wildman–Crippen LogP) is 0.891. The maximum Gasteiger partial charge on any atom is 0.326 e. The number of likely N-dealkylation sites (tertiary alicyclic amines) is 2. The van der Waals surface area contributed by atoms with Crippen LogP contribution in [0.4, 0.5) is 4.79 Å². The summed E-state index contributed by atoms with van der Waals surface area (Å²) in [7, 11) is 0. The third-order valence-corrected chi connectivity index (χ3v) is 4.15. The highest BCUT2D eigenvalue weighted by molar-refractivity contribution is 5.83. The van der Waals surface area contributed by atoms with Gasteiger partial charge in [-0.2, -0.15) is 0 Å². The zero-order valence-corrected chi connectivity index (χ0v) is 11.3. The van der Waals surface area contributed by atoms with Crippen LogP contribution in [0.5, 0.6) is 0 Å². The van der Waals surface area contributed by atoms with Gasteiger partial charge in [-0.05, 0) is 25.7 Å². The van der Waals surface area contributed by atoms with Crippen molar-refractivity contribution in [2.75, 3.05) is 13.1 Å². The first-order valence-electron chi connectivity index (χ1n) is 7.02. The van der Waals surface area contributed by atoms with Gasteiger partial charge in [0.2, 0.25) is 0 Å². The van der Waals surface area contributed by atoms with E-state index in [0.717, 1.165) is 25.7 Å². The van der Waals surface area contributed by atoms with Gasteiger partial charge in [-0.25, -0.2) is 9.59 Å². The van der Waals surface area contributed by atoms with Gasteiger partial charge < -0.3 is 20.0 Å². The number of hydrogen-bond acceptors (Lipinski definition) is 3. The SMILES string of the molecule is CCC1CCCCN1C(=O)N1CC(O)C[C@H]1C(=O)O. The zero-order chi connectivity index (χ0) is 14.0. The first kappa shape index (κ1) is 14.1. The molecule has 2 unspecified atom stereocenters. The van der Waals surface area contributed by atoms with Gasteiger partial charge in [-0.15, -0.1) is 0 Å².